The first-order chi connectivity index (χ1) is 10.5. The number of aliphatic hydroxyl groups excluding tert-OH is 1. The predicted octanol–water partition coefficient (Wildman–Crippen LogP) is 0.973. The number of nitrogen functional groups attached to an aromatic ring is 1. The van der Waals surface area contributed by atoms with Crippen LogP contribution in [0.15, 0.2) is 42.0 Å². The van der Waals surface area contributed by atoms with Gasteiger partial charge in [-0.2, -0.15) is 0 Å². The number of benzene rings is 1. The molecule has 1 heterocycles. The Morgan fingerprint density at radius 2 is 2.27 bits per heavy atom. The highest BCUT2D eigenvalue weighted by Crippen LogP contribution is 2.17. The number of carbonyl (C=O) groups is 2. The zero-order valence-electron chi connectivity index (χ0n) is 11.7. The summed E-state index contributed by atoms with van der Waals surface area (Å²) in [4.78, 5) is 23.5. The smallest absolute Gasteiger partial charge is 0.253 e. The van der Waals surface area contributed by atoms with Gasteiger partial charge >= 0.3 is 0 Å². The molecule has 0 fully saturated rings. The van der Waals surface area contributed by atoms with Crippen LogP contribution in [0.2, 0.25) is 5.02 Å². The van der Waals surface area contributed by atoms with Gasteiger partial charge in [0.1, 0.15) is 6.23 Å². The van der Waals surface area contributed by atoms with Crippen molar-refractivity contribution in [2.75, 3.05) is 12.3 Å². The van der Waals surface area contributed by atoms with Crippen molar-refractivity contribution in [2.24, 2.45) is 0 Å². The Morgan fingerprint density at radius 1 is 1.50 bits per heavy atom. The third kappa shape index (κ3) is 4.09. The van der Waals surface area contributed by atoms with Crippen LogP contribution >= 0.6 is 11.6 Å². The van der Waals surface area contributed by atoms with Crippen LogP contribution in [0, 0.1) is 0 Å². The van der Waals surface area contributed by atoms with Crippen LogP contribution in [-0.4, -0.2) is 29.7 Å². The molecule has 1 unspecified atom stereocenters. The number of rotatable bonds is 4. The maximum atomic E-state index is 12.0. The van der Waals surface area contributed by atoms with Gasteiger partial charge in [-0.15, -0.1) is 0 Å². The quantitative estimate of drug-likeness (QED) is 0.377. The number of nitrogens with two attached hydrogens (primary N) is 1. The predicted molar refractivity (Wildman–Crippen MR) is 84.2 cm³/mol. The molecule has 2 amide bonds. The largest absolute Gasteiger partial charge is 0.398 e. The molecule has 1 aromatic carbocycles. The summed E-state index contributed by atoms with van der Waals surface area (Å²) >= 11 is 5.78. The van der Waals surface area contributed by atoms with Crippen LogP contribution < -0.4 is 16.4 Å². The SMILES string of the molecule is Nc1cc(Cl)ccc1C(=O)NCC/C=C1/C=CC(O)NC1=O. The van der Waals surface area contributed by atoms with Crippen molar-refractivity contribution in [1.82, 2.24) is 10.6 Å². The van der Waals surface area contributed by atoms with Gasteiger partial charge in [-0.1, -0.05) is 17.7 Å². The molecule has 2 rings (SSSR count). The summed E-state index contributed by atoms with van der Waals surface area (Å²) in [7, 11) is 0. The van der Waals surface area contributed by atoms with Crippen molar-refractivity contribution in [3.63, 3.8) is 0 Å². The summed E-state index contributed by atoms with van der Waals surface area (Å²) < 4.78 is 0. The molecule has 0 aliphatic carbocycles. The fourth-order valence-corrected chi connectivity index (χ4v) is 2.13. The van der Waals surface area contributed by atoms with Gasteiger partial charge in [0, 0.05) is 22.8 Å². The molecule has 1 aliphatic rings. The average molecular weight is 322 g/mol. The van der Waals surface area contributed by atoms with E-state index >= 15 is 0 Å². The first-order valence-electron chi connectivity index (χ1n) is 6.68. The third-order valence-corrected chi connectivity index (χ3v) is 3.29. The Kier molecular flexibility index (Phi) is 5.19. The first-order valence-corrected chi connectivity index (χ1v) is 7.05. The topological polar surface area (TPSA) is 104 Å². The minimum absolute atomic E-state index is 0.299. The van der Waals surface area contributed by atoms with E-state index in [1.807, 2.05) is 0 Å². The maximum absolute atomic E-state index is 12.0. The normalized spacial score (nSPS) is 19.1. The Hall–Kier alpha value is -2.31. The van der Waals surface area contributed by atoms with Gasteiger partial charge in [0.2, 0.25) is 0 Å². The number of hydrogen-bond donors (Lipinski definition) is 4. The summed E-state index contributed by atoms with van der Waals surface area (Å²) in [6, 6.07) is 4.67. The fourth-order valence-electron chi connectivity index (χ4n) is 1.95. The lowest BCUT2D eigenvalue weighted by molar-refractivity contribution is -0.119. The van der Waals surface area contributed by atoms with Gasteiger partial charge in [-0.05, 0) is 36.8 Å². The Bertz CT molecular complexity index is 655. The van der Waals surface area contributed by atoms with Gasteiger partial charge in [-0.3, -0.25) is 9.59 Å². The van der Waals surface area contributed by atoms with E-state index in [1.165, 1.54) is 12.1 Å². The number of hydrogen-bond acceptors (Lipinski definition) is 4. The molecule has 5 N–H and O–H groups in total. The zero-order valence-corrected chi connectivity index (χ0v) is 12.4. The molecule has 1 atom stereocenters. The van der Waals surface area contributed by atoms with Crippen LogP contribution in [0.25, 0.3) is 0 Å². The molecule has 0 radical (unpaired) electrons. The highest BCUT2D eigenvalue weighted by atomic mass is 35.5. The molecular formula is C15H16ClN3O3. The molecular weight excluding hydrogens is 306 g/mol. The Labute approximate surface area is 132 Å². The molecule has 0 aromatic heterocycles. The molecule has 0 spiro atoms. The van der Waals surface area contributed by atoms with Crippen molar-refractivity contribution in [3.8, 4) is 0 Å². The van der Waals surface area contributed by atoms with E-state index in [2.05, 4.69) is 10.6 Å². The second-order valence-electron chi connectivity index (χ2n) is 4.71. The monoisotopic (exact) mass is 321 g/mol. The van der Waals surface area contributed by atoms with Crippen LogP contribution in [0.3, 0.4) is 0 Å². The van der Waals surface area contributed by atoms with Gasteiger partial charge in [-0.25, -0.2) is 0 Å². The molecule has 0 saturated heterocycles. The number of nitrogens with one attached hydrogen (secondary N) is 2. The molecule has 0 saturated carbocycles. The van der Waals surface area contributed by atoms with E-state index in [0.29, 0.717) is 34.8 Å². The lowest BCUT2D eigenvalue weighted by Crippen LogP contribution is -2.36. The highest BCUT2D eigenvalue weighted by molar-refractivity contribution is 6.31. The number of amides is 2. The van der Waals surface area contributed by atoms with Crippen molar-refractivity contribution in [1.29, 1.82) is 0 Å². The Balaban J connectivity index is 1.87. The van der Waals surface area contributed by atoms with E-state index in [4.69, 9.17) is 17.3 Å². The number of anilines is 1. The molecule has 1 aromatic rings. The van der Waals surface area contributed by atoms with Gasteiger partial charge in [0.15, 0.2) is 0 Å². The van der Waals surface area contributed by atoms with Crippen LogP contribution in [-0.2, 0) is 4.79 Å². The van der Waals surface area contributed by atoms with E-state index < -0.39 is 6.23 Å². The number of halogens is 1. The Morgan fingerprint density at radius 3 is 2.95 bits per heavy atom. The van der Waals surface area contributed by atoms with Gasteiger partial charge in [0.05, 0.1) is 5.56 Å². The number of carbonyl (C=O) groups excluding carboxylic acids is 2. The molecule has 1 aliphatic heterocycles. The second kappa shape index (κ2) is 7.11. The summed E-state index contributed by atoms with van der Waals surface area (Å²) in [5.74, 6) is -0.644. The number of aliphatic hydroxyl groups is 1. The third-order valence-electron chi connectivity index (χ3n) is 3.05. The summed E-state index contributed by atoms with van der Waals surface area (Å²) in [5, 5.41) is 14.7. The minimum Gasteiger partial charge on any atom is -0.398 e. The maximum Gasteiger partial charge on any atom is 0.253 e. The van der Waals surface area contributed by atoms with Gasteiger partial charge < -0.3 is 21.5 Å². The van der Waals surface area contributed by atoms with Crippen molar-refractivity contribution in [3.05, 3.63) is 52.6 Å². The lowest BCUT2D eigenvalue weighted by atomic mass is 10.1. The van der Waals surface area contributed by atoms with Crippen LogP contribution in [0.4, 0.5) is 5.69 Å². The first kappa shape index (κ1) is 16.1. The zero-order chi connectivity index (χ0) is 16.1. The van der Waals surface area contributed by atoms with E-state index in [0.717, 1.165) is 0 Å². The summed E-state index contributed by atoms with van der Waals surface area (Å²) in [5.41, 5.74) is 6.85. The minimum atomic E-state index is -0.947. The van der Waals surface area contributed by atoms with E-state index in [-0.39, 0.29) is 11.8 Å². The standard InChI is InChI=1S/C15H16ClN3O3/c16-10-4-5-11(12(17)8-10)15(22)18-7-1-2-9-3-6-13(20)19-14(9)21/h2-6,8,13,20H,1,7,17H2,(H,18,22)(H,19,21)/b9-2-. The molecule has 6 nitrogen and oxygen atoms in total. The van der Waals surface area contributed by atoms with Crippen LogP contribution in [0.5, 0.6) is 0 Å². The fraction of sp³-hybridized carbons (Fsp3) is 0.200. The lowest BCUT2D eigenvalue weighted by Gasteiger charge is -2.14. The van der Waals surface area contributed by atoms with Crippen LogP contribution in [0.1, 0.15) is 16.8 Å². The summed E-state index contributed by atoms with van der Waals surface area (Å²) in [6.45, 7) is 0.355. The highest BCUT2D eigenvalue weighted by Gasteiger charge is 2.14. The van der Waals surface area contributed by atoms with Crippen molar-refractivity contribution >= 4 is 29.1 Å². The van der Waals surface area contributed by atoms with E-state index in [1.54, 1.807) is 24.3 Å². The molecule has 0 bridgehead atoms. The molecule has 7 heteroatoms. The van der Waals surface area contributed by atoms with E-state index in [9.17, 15) is 14.7 Å². The molecule has 22 heavy (non-hydrogen) atoms. The second-order valence-corrected chi connectivity index (χ2v) is 5.15. The molecule has 116 valence electrons. The van der Waals surface area contributed by atoms with Crippen molar-refractivity contribution in [2.45, 2.75) is 12.6 Å². The summed E-state index contributed by atoms with van der Waals surface area (Å²) in [6.07, 6.45) is 4.23. The van der Waals surface area contributed by atoms with Gasteiger partial charge in [0.25, 0.3) is 11.8 Å². The van der Waals surface area contributed by atoms with Crippen molar-refractivity contribution < 1.29 is 14.7 Å². The average Bonchev–Trinajstić information content (AvgIpc) is 2.45.